The monoisotopic (exact) mass is 281 g/mol. The van der Waals surface area contributed by atoms with Crippen molar-refractivity contribution in [1.82, 2.24) is 4.57 Å². The number of fused-ring (bicyclic) bond motifs is 2. The van der Waals surface area contributed by atoms with Crippen LogP contribution in [0.5, 0.6) is 11.5 Å². The standard InChI is InChI=1S/C13H12ClNO4/c1-6-10-7(5-8(13(16)17)15(10)2)9(14)12-11(6)18-3-4-19-12/h5H,3-4H2,1-2H3,(H,16,17). The molecule has 0 bridgehead atoms. The molecule has 1 aliphatic heterocycles. The Morgan fingerprint density at radius 3 is 2.63 bits per heavy atom. The van der Waals surface area contributed by atoms with Crippen molar-refractivity contribution < 1.29 is 19.4 Å². The molecule has 5 nitrogen and oxygen atoms in total. The molecule has 0 aliphatic carbocycles. The molecule has 0 spiro atoms. The first-order valence-corrected chi connectivity index (χ1v) is 6.20. The zero-order chi connectivity index (χ0) is 13.7. The Morgan fingerprint density at radius 2 is 2.00 bits per heavy atom. The van der Waals surface area contributed by atoms with E-state index in [4.69, 9.17) is 21.1 Å². The van der Waals surface area contributed by atoms with Crippen molar-refractivity contribution in [3.63, 3.8) is 0 Å². The van der Waals surface area contributed by atoms with Gasteiger partial charge in [-0.3, -0.25) is 0 Å². The molecule has 3 rings (SSSR count). The highest BCUT2D eigenvalue weighted by molar-refractivity contribution is 6.37. The van der Waals surface area contributed by atoms with Crippen LogP contribution in [-0.4, -0.2) is 28.9 Å². The van der Waals surface area contributed by atoms with Gasteiger partial charge in [0, 0.05) is 18.0 Å². The van der Waals surface area contributed by atoms with Crippen LogP contribution in [0.1, 0.15) is 16.1 Å². The Kier molecular flexibility index (Phi) is 2.60. The number of carboxylic acids is 1. The number of nitrogens with zero attached hydrogens (tertiary/aromatic N) is 1. The molecule has 0 saturated heterocycles. The average molecular weight is 282 g/mol. The van der Waals surface area contributed by atoms with E-state index < -0.39 is 5.97 Å². The Hall–Kier alpha value is -1.88. The number of benzene rings is 1. The minimum absolute atomic E-state index is 0.183. The largest absolute Gasteiger partial charge is 0.486 e. The Morgan fingerprint density at radius 1 is 1.37 bits per heavy atom. The highest BCUT2D eigenvalue weighted by Crippen LogP contribution is 2.46. The lowest BCUT2D eigenvalue weighted by Crippen LogP contribution is -2.17. The molecule has 1 N–H and O–H groups in total. The maximum Gasteiger partial charge on any atom is 0.352 e. The molecule has 0 fully saturated rings. The van der Waals surface area contributed by atoms with E-state index in [9.17, 15) is 9.90 Å². The van der Waals surface area contributed by atoms with Crippen LogP contribution in [0.25, 0.3) is 10.9 Å². The summed E-state index contributed by atoms with van der Waals surface area (Å²) >= 11 is 6.31. The molecule has 1 aliphatic rings. The molecule has 0 saturated carbocycles. The van der Waals surface area contributed by atoms with E-state index >= 15 is 0 Å². The van der Waals surface area contributed by atoms with Crippen LogP contribution in [0, 0.1) is 6.92 Å². The van der Waals surface area contributed by atoms with E-state index in [0.29, 0.717) is 35.1 Å². The highest BCUT2D eigenvalue weighted by atomic mass is 35.5. The maximum absolute atomic E-state index is 11.2. The van der Waals surface area contributed by atoms with Crippen LogP contribution in [0.4, 0.5) is 0 Å². The van der Waals surface area contributed by atoms with Crippen molar-refractivity contribution in [2.45, 2.75) is 6.92 Å². The number of aryl methyl sites for hydroxylation is 2. The Balaban J connectivity index is 2.44. The normalized spacial score (nSPS) is 13.8. The molecule has 1 aromatic heterocycles. The lowest BCUT2D eigenvalue weighted by Gasteiger charge is -2.22. The molecule has 2 aromatic rings. The zero-order valence-electron chi connectivity index (χ0n) is 10.5. The van der Waals surface area contributed by atoms with Crippen LogP contribution in [0.15, 0.2) is 6.07 Å². The molecule has 0 radical (unpaired) electrons. The second kappa shape index (κ2) is 4.06. The van der Waals surface area contributed by atoms with Gasteiger partial charge in [-0.05, 0) is 13.0 Å². The molecule has 0 amide bonds. The molecule has 1 aromatic carbocycles. The molecule has 6 heteroatoms. The topological polar surface area (TPSA) is 60.7 Å². The summed E-state index contributed by atoms with van der Waals surface area (Å²) in [6, 6.07) is 1.56. The van der Waals surface area contributed by atoms with Gasteiger partial charge in [0.2, 0.25) is 0 Å². The van der Waals surface area contributed by atoms with Crippen molar-refractivity contribution >= 4 is 28.5 Å². The number of carboxylic acid groups (broad SMARTS) is 1. The summed E-state index contributed by atoms with van der Waals surface area (Å²) in [5.74, 6) is 0.108. The minimum atomic E-state index is -0.992. The van der Waals surface area contributed by atoms with Crippen molar-refractivity contribution in [2.24, 2.45) is 7.05 Å². The summed E-state index contributed by atoms with van der Waals surface area (Å²) in [5.41, 5.74) is 1.78. The van der Waals surface area contributed by atoms with Gasteiger partial charge in [0.25, 0.3) is 0 Å². The second-order valence-electron chi connectivity index (χ2n) is 4.45. The first kappa shape index (κ1) is 12.2. The number of hydrogen-bond donors (Lipinski definition) is 1. The summed E-state index contributed by atoms with van der Waals surface area (Å²) in [6.07, 6.45) is 0. The first-order valence-electron chi connectivity index (χ1n) is 5.82. The molecular formula is C13H12ClNO4. The first-order chi connectivity index (χ1) is 9.02. The number of aromatic carboxylic acids is 1. The SMILES string of the molecule is Cc1c2c(c(Cl)c3cc(C(=O)O)n(C)c13)OCCO2. The van der Waals surface area contributed by atoms with Gasteiger partial charge >= 0.3 is 5.97 Å². The fourth-order valence-electron chi connectivity index (χ4n) is 2.52. The second-order valence-corrected chi connectivity index (χ2v) is 4.83. The van der Waals surface area contributed by atoms with Gasteiger partial charge in [-0.2, -0.15) is 0 Å². The molecule has 0 atom stereocenters. The van der Waals surface area contributed by atoms with Crippen molar-refractivity contribution in [3.8, 4) is 11.5 Å². The van der Waals surface area contributed by atoms with Crippen LogP contribution >= 0.6 is 11.6 Å². The van der Waals surface area contributed by atoms with Crippen molar-refractivity contribution in [3.05, 3.63) is 22.3 Å². The average Bonchev–Trinajstić information content (AvgIpc) is 2.74. The summed E-state index contributed by atoms with van der Waals surface area (Å²) in [6.45, 7) is 2.78. The third-order valence-electron chi connectivity index (χ3n) is 3.37. The van der Waals surface area contributed by atoms with E-state index in [1.807, 2.05) is 6.92 Å². The molecular weight excluding hydrogens is 270 g/mol. The van der Waals surface area contributed by atoms with Gasteiger partial charge in [0.15, 0.2) is 11.5 Å². The van der Waals surface area contributed by atoms with Crippen LogP contribution in [0.3, 0.4) is 0 Å². The predicted molar refractivity (Wildman–Crippen MR) is 70.6 cm³/mol. The maximum atomic E-state index is 11.2. The van der Waals surface area contributed by atoms with Gasteiger partial charge in [-0.15, -0.1) is 0 Å². The highest BCUT2D eigenvalue weighted by Gasteiger charge is 2.25. The number of hydrogen-bond acceptors (Lipinski definition) is 3. The van der Waals surface area contributed by atoms with E-state index in [-0.39, 0.29) is 5.69 Å². The number of carbonyl (C=O) groups is 1. The third kappa shape index (κ3) is 1.58. The van der Waals surface area contributed by atoms with Gasteiger partial charge in [0.1, 0.15) is 18.9 Å². The number of ether oxygens (including phenoxy) is 2. The van der Waals surface area contributed by atoms with E-state index in [2.05, 4.69) is 0 Å². The predicted octanol–water partition coefficient (Wildman–Crippen LogP) is 2.61. The molecule has 0 unspecified atom stereocenters. The van der Waals surface area contributed by atoms with Gasteiger partial charge < -0.3 is 19.1 Å². The van der Waals surface area contributed by atoms with E-state index in [0.717, 1.165) is 11.1 Å². The van der Waals surface area contributed by atoms with Gasteiger partial charge in [-0.25, -0.2) is 4.79 Å². The summed E-state index contributed by atoms with van der Waals surface area (Å²) in [7, 11) is 1.70. The minimum Gasteiger partial charge on any atom is -0.486 e. The van der Waals surface area contributed by atoms with Crippen LogP contribution in [-0.2, 0) is 7.05 Å². The molecule has 2 heterocycles. The van der Waals surface area contributed by atoms with E-state index in [1.54, 1.807) is 17.7 Å². The Labute approximate surface area is 114 Å². The number of halogens is 1. The quantitative estimate of drug-likeness (QED) is 0.873. The fraction of sp³-hybridized carbons (Fsp3) is 0.308. The summed E-state index contributed by atoms with van der Waals surface area (Å²) < 4.78 is 12.7. The summed E-state index contributed by atoms with van der Waals surface area (Å²) in [5, 5.41) is 10.3. The fourth-order valence-corrected chi connectivity index (χ4v) is 2.80. The van der Waals surface area contributed by atoms with Gasteiger partial charge in [0.05, 0.1) is 10.5 Å². The lowest BCUT2D eigenvalue weighted by molar-refractivity contribution is 0.0687. The van der Waals surface area contributed by atoms with Gasteiger partial charge in [-0.1, -0.05) is 11.6 Å². The molecule has 100 valence electrons. The number of rotatable bonds is 1. The molecule has 19 heavy (non-hydrogen) atoms. The smallest absolute Gasteiger partial charge is 0.352 e. The van der Waals surface area contributed by atoms with Crippen LogP contribution in [0.2, 0.25) is 5.02 Å². The Bertz CT molecular complexity index is 705. The number of aromatic nitrogens is 1. The van der Waals surface area contributed by atoms with Crippen molar-refractivity contribution in [2.75, 3.05) is 13.2 Å². The van der Waals surface area contributed by atoms with Crippen LogP contribution < -0.4 is 9.47 Å². The van der Waals surface area contributed by atoms with Crippen molar-refractivity contribution in [1.29, 1.82) is 0 Å². The lowest BCUT2D eigenvalue weighted by atomic mass is 10.1. The third-order valence-corrected chi connectivity index (χ3v) is 3.74. The van der Waals surface area contributed by atoms with E-state index in [1.165, 1.54) is 0 Å². The zero-order valence-corrected chi connectivity index (χ0v) is 11.2. The summed E-state index contributed by atoms with van der Waals surface area (Å²) in [4.78, 5) is 11.2.